The van der Waals surface area contributed by atoms with Crippen molar-refractivity contribution in [1.29, 1.82) is 0 Å². The van der Waals surface area contributed by atoms with Gasteiger partial charge in [-0.25, -0.2) is 4.79 Å². The fraction of sp³-hybridized carbons (Fsp3) is 0. The Morgan fingerprint density at radius 3 is 2.50 bits per heavy atom. The maximum atomic E-state index is 10.3. The third-order valence-electron chi connectivity index (χ3n) is 0.782. The number of carbonyl (C=O) groups is 1. The first-order valence-corrected chi connectivity index (χ1v) is 1.96. The average molecular weight is 112 g/mol. The molecule has 0 atom stereocenters. The molecule has 8 heavy (non-hydrogen) atoms. The van der Waals surface area contributed by atoms with E-state index in [1.54, 1.807) is 0 Å². The van der Waals surface area contributed by atoms with Crippen molar-refractivity contribution >= 4 is 11.8 Å². The number of amidine groups is 1. The van der Waals surface area contributed by atoms with Crippen LogP contribution in [0.4, 0.5) is 0 Å². The molecule has 0 aromatic rings. The van der Waals surface area contributed by atoms with Crippen LogP contribution in [-0.2, 0) is 9.63 Å². The number of hydrogen-bond acceptors (Lipinski definition) is 4. The van der Waals surface area contributed by atoms with Crippen molar-refractivity contribution in [3.05, 3.63) is 12.2 Å². The smallest absolute Gasteiger partial charge is 0.369 e. The molecule has 2 N–H and O–H groups in total. The molecule has 1 heterocycles. The number of oxime groups is 1. The lowest BCUT2D eigenvalue weighted by molar-refractivity contribution is -0.136. The molecule has 0 saturated carbocycles. The number of carbonyl (C=O) groups excluding carboxylic acids is 1. The third-order valence-corrected chi connectivity index (χ3v) is 0.782. The third kappa shape index (κ3) is 0.465. The zero-order chi connectivity index (χ0) is 6.15. The molecule has 0 fully saturated rings. The van der Waals surface area contributed by atoms with E-state index in [1.807, 2.05) is 0 Å². The van der Waals surface area contributed by atoms with Crippen LogP contribution in [0.2, 0.25) is 0 Å². The summed E-state index contributed by atoms with van der Waals surface area (Å²) in [6.07, 6.45) is 0. The molecule has 0 aromatic heterocycles. The van der Waals surface area contributed by atoms with E-state index in [4.69, 9.17) is 5.73 Å². The molecule has 1 aliphatic heterocycles. The van der Waals surface area contributed by atoms with Crippen LogP contribution in [0, 0.1) is 0 Å². The fourth-order valence-corrected chi connectivity index (χ4v) is 0.305. The van der Waals surface area contributed by atoms with Crippen molar-refractivity contribution in [1.82, 2.24) is 0 Å². The largest absolute Gasteiger partial charge is 0.380 e. The Morgan fingerprint density at radius 2 is 2.38 bits per heavy atom. The molecule has 0 bridgehead atoms. The summed E-state index contributed by atoms with van der Waals surface area (Å²) in [4.78, 5) is 14.4. The Bertz CT molecular complexity index is 182. The quantitative estimate of drug-likeness (QED) is 0.335. The maximum Gasteiger partial charge on any atom is 0.369 e. The second-order valence-electron chi connectivity index (χ2n) is 1.33. The Balaban J connectivity index is 2.89. The van der Waals surface area contributed by atoms with Crippen molar-refractivity contribution in [3.63, 3.8) is 0 Å². The van der Waals surface area contributed by atoms with Gasteiger partial charge in [-0.05, 0) is 0 Å². The van der Waals surface area contributed by atoms with Gasteiger partial charge in [-0.3, -0.25) is 0 Å². The monoisotopic (exact) mass is 112 g/mol. The zero-order valence-electron chi connectivity index (χ0n) is 4.05. The molecule has 1 aliphatic rings. The van der Waals surface area contributed by atoms with Crippen LogP contribution in [0.15, 0.2) is 17.3 Å². The van der Waals surface area contributed by atoms with Crippen molar-refractivity contribution in [2.45, 2.75) is 0 Å². The summed E-state index contributed by atoms with van der Waals surface area (Å²) in [6.45, 7) is 3.29. The van der Waals surface area contributed by atoms with Gasteiger partial charge >= 0.3 is 5.97 Å². The highest BCUT2D eigenvalue weighted by Crippen LogP contribution is 2.02. The number of hydrogen-bond donors (Lipinski definition) is 1. The van der Waals surface area contributed by atoms with E-state index in [1.165, 1.54) is 0 Å². The first-order valence-electron chi connectivity index (χ1n) is 1.96. The minimum atomic E-state index is -0.567. The SMILES string of the molecule is C=C1C(=O)ON=C1N. The number of nitrogens with two attached hydrogens (primary N) is 1. The Labute approximate surface area is 45.6 Å². The van der Waals surface area contributed by atoms with E-state index in [9.17, 15) is 4.79 Å². The normalized spacial score (nSPS) is 18.2. The van der Waals surface area contributed by atoms with Gasteiger partial charge in [-0.15, -0.1) is 0 Å². The molecular weight excluding hydrogens is 108 g/mol. The summed E-state index contributed by atoms with van der Waals surface area (Å²) < 4.78 is 0. The second-order valence-corrected chi connectivity index (χ2v) is 1.33. The van der Waals surface area contributed by atoms with Crippen molar-refractivity contribution < 1.29 is 9.63 Å². The predicted molar refractivity (Wildman–Crippen MR) is 26.9 cm³/mol. The number of nitrogens with zero attached hydrogens (tertiary/aromatic N) is 1. The van der Waals surface area contributed by atoms with Crippen LogP contribution in [0.25, 0.3) is 0 Å². The van der Waals surface area contributed by atoms with Crippen LogP contribution >= 0.6 is 0 Å². The first kappa shape index (κ1) is 4.83. The summed E-state index contributed by atoms with van der Waals surface area (Å²) in [5, 5.41) is 3.14. The zero-order valence-corrected chi connectivity index (χ0v) is 4.05. The van der Waals surface area contributed by atoms with E-state index in [0.717, 1.165) is 0 Å². The second kappa shape index (κ2) is 1.33. The molecule has 1 rings (SSSR count). The summed E-state index contributed by atoms with van der Waals surface area (Å²) in [5.41, 5.74) is 5.20. The lowest BCUT2D eigenvalue weighted by Gasteiger charge is -1.81. The molecular formula is C4H4N2O2. The lowest BCUT2D eigenvalue weighted by Crippen LogP contribution is -2.12. The molecule has 4 heteroatoms. The summed E-state index contributed by atoms with van der Waals surface area (Å²) in [6, 6.07) is 0. The van der Waals surface area contributed by atoms with Gasteiger partial charge < -0.3 is 10.6 Å². The molecule has 42 valence electrons. The predicted octanol–water partition coefficient (Wildman–Crippen LogP) is -0.628. The summed E-state index contributed by atoms with van der Waals surface area (Å²) >= 11 is 0. The van der Waals surface area contributed by atoms with E-state index < -0.39 is 5.97 Å². The van der Waals surface area contributed by atoms with Crippen LogP contribution < -0.4 is 5.73 Å². The van der Waals surface area contributed by atoms with Gasteiger partial charge in [0.05, 0.1) is 0 Å². The molecule has 4 nitrogen and oxygen atoms in total. The highest BCUT2D eigenvalue weighted by atomic mass is 16.7. The average Bonchev–Trinajstić information content (AvgIpc) is 1.98. The molecule has 0 radical (unpaired) electrons. The highest BCUT2D eigenvalue weighted by Gasteiger charge is 2.19. The van der Waals surface area contributed by atoms with Gasteiger partial charge in [-0.1, -0.05) is 11.7 Å². The first-order chi connectivity index (χ1) is 3.72. The van der Waals surface area contributed by atoms with Crippen molar-refractivity contribution in [3.8, 4) is 0 Å². The molecule has 0 spiro atoms. The molecule has 0 unspecified atom stereocenters. The summed E-state index contributed by atoms with van der Waals surface area (Å²) in [7, 11) is 0. The van der Waals surface area contributed by atoms with Crippen LogP contribution in [0.5, 0.6) is 0 Å². The van der Waals surface area contributed by atoms with Crippen LogP contribution in [0.1, 0.15) is 0 Å². The Kier molecular flexibility index (Phi) is 0.802. The standard InChI is InChI=1S/C4H4N2O2/c1-2-3(5)6-8-4(2)7/h1H2,(H2,5,6). The van der Waals surface area contributed by atoms with Crippen molar-refractivity contribution in [2.24, 2.45) is 10.9 Å². The van der Waals surface area contributed by atoms with E-state index in [-0.39, 0.29) is 11.4 Å². The van der Waals surface area contributed by atoms with E-state index in [2.05, 4.69) is 16.6 Å². The maximum absolute atomic E-state index is 10.3. The minimum Gasteiger partial charge on any atom is -0.380 e. The fourth-order valence-electron chi connectivity index (χ4n) is 0.305. The van der Waals surface area contributed by atoms with Crippen LogP contribution in [0.3, 0.4) is 0 Å². The molecule has 0 aromatic carbocycles. The summed E-state index contributed by atoms with van der Waals surface area (Å²) in [5.74, 6) is -0.502. The van der Waals surface area contributed by atoms with Crippen LogP contribution in [-0.4, -0.2) is 11.8 Å². The van der Waals surface area contributed by atoms with Gasteiger partial charge in [0, 0.05) is 0 Å². The molecule has 0 amide bonds. The van der Waals surface area contributed by atoms with Gasteiger partial charge in [0.2, 0.25) is 0 Å². The number of rotatable bonds is 0. The van der Waals surface area contributed by atoms with Gasteiger partial charge in [0.15, 0.2) is 5.84 Å². The Hall–Kier alpha value is -1.32. The van der Waals surface area contributed by atoms with Gasteiger partial charge in [0.1, 0.15) is 5.57 Å². The van der Waals surface area contributed by atoms with Gasteiger partial charge in [0.25, 0.3) is 0 Å². The Morgan fingerprint density at radius 1 is 1.75 bits per heavy atom. The lowest BCUT2D eigenvalue weighted by atomic mass is 10.3. The minimum absolute atomic E-state index is 0.0648. The molecule has 0 saturated heterocycles. The highest BCUT2D eigenvalue weighted by molar-refractivity contribution is 6.19. The molecule has 0 aliphatic carbocycles. The van der Waals surface area contributed by atoms with E-state index in [0.29, 0.717) is 0 Å². The van der Waals surface area contributed by atoms with Gasteiger partial charge in [-0.2, -0.15) is 0 Å². The van der Waals surface area contributed by atoms with E-state index >= 15 is 0 Å². The van der Waals surface area contributed by atoms with Crippen molar-refractivity contribution in [2.75, 3.05) is 0 Å². The topological polar surface area (TPSA) is 64.7 Å².